The van der Waals surface area contributed by atoms with Gasteiger partial charge in [-0.25, -0.2) is 0 Å². The zero-order chi connectivity index (χ0) is 17.8. The van der Waals surface area contributed by atoms with E-state index in [1.165, 1.54) is 0 Å². The number of halogens is 1. The molecule has 1 N–H and O–H groups in total. The second-order valence-corrected chi connectivity index (χ2v) is 6.50. The van der Waals surface area contributed by atoms with Crippen LogP contribution in [0.5, 0.6) is 0 Å². The summed E-state index contributed by atoms with van der Waals surface area (Å²) in [7, 11) is 1.78. The molecule has 2 aromatic carbocycles. The molecule has 0 aliphatic heterocycles. The number of aromatic amines is 1. The Kier molecular flexibility index (Phi) is 5.31. The van der Waals surface area contributed by atoms with Crippen molar-refractivity contribution in [3.8, 4) is 11.4 Å². The molecule has 0 aliphatic carbocycles. The molecule has 0 bridgehead atoms. The maximum atomic E-state index is 12.6. The number of hydrogen-bond acceptors (Lipinski definition) is 3. The lowest BCUT2D eigenvalue weighted by Crippen LogP contribution is -2.30. The molecule has 0 radical (unpaired) electrons. The zero-order valence-corrected chi connectivity index (χ0v) is 15.2. The van der Waals surface area contributed by atoms with Gasteiger partial charge in [0.15, 0.2) is 10.6 Å². The van der Waals surface area contributed by atoms with E-state index in [0.717, 1.165) is 11.1 Å². The third kappa shape index (κ3) is 4.15. The number of amides is 1. The number of rotatable bonds is 5. The minimum absolute atomic E-state index is 0.0448. The molecular weight excluding hydrogens is 356 g/mol. The van der Waals surface area contributed by atoms with Crippen LogP contribution in [0, 0.1) is 4.77 Å². The maximum Gasteiger partial charge on any atom is 0.242 e. The zero-order valence-electron chi connectivity index (χ0n) is 13.6. The molecule has 0 aliphatic rings. The first kappa shape index (κ1) is 17.4. The number of hydrogen-bond donors (Lipinski definition) is 1. The summed E-state index contributed by atoms with van der Waals surface area (Å²) >= 11 is 11.2. The van der Waals surface area contributed by atoms with Crippen molar-refractivity contribution < 1.29 is 4.79 Å². The Morgan fingerprint density at radius 1 is 1.20 bits per heavy atom. The predicted octanol–water partition coefficient (Wildman–Crippen LogP) is 3.92. The van der Waals surface area contributed by atoms with Gasteiger partial charge < -0.3 is 4.90 Å². The quantitative estimate of drug-likeness (QED) is 0.690. The minimum Gasteiger partial charge on any atom is -0.340 e. The lowest BCUT2D eigenvalue weighted by atomic mass is 10.2. The molecule has 0 saturated heterocycles. The highest BCUT2D eigenvalue weighted by molar-refractivity contribution is 7.71. The first-order valence-corrected chi connectivity index (χ1v) is 8.52. The molecule has 0 saturated carbocycles. The minimum atomic E-state index is -0.0448. The summed E-state index contributed by atoms with van der Waals surface area (Å²) in [6.07, 6.45) is 0. The number of carbonyl (C=O) groups is 1. The van der Waals surface area contributed by atoms with Gasteiger partial charge in [0.05, 0.1) is 0 Å². The fourth-order valence-corrected chi connectivity index (χ4v) is 2.81. The summed E-state index contributed by atoms with van der Waals surface area (Å²) in [5, 5.41) is 7.64. The summed E-state index contributed by atoms with van der Waals surface area (Å²) in [6, 6.07) is 17.1. The second kappa shape index (κ2) is 7.63. The fourth-order valence-electron chi connectivity index (χ4n) is 2.49. The third-order valence-electron chi connectivity index (χ3n) is 3.84. The first-order valence-electron chi connectivity index (χ1n) is 7.73. The van der Waals surface area contributed by atoms with Gasteiger partial charge >= 0.3 is 0 Å². The van der Waals surface area contributed by atoms with E-state index >= 15 is 0 Å². The Balaban J connectivity index is 1.78. The van der Waals surface area contributed by atoms with Gasteiger partial charge in [-0.2, -0.15) is 5.10 Å². The van der Waals surface area contributed by atoms with Gasteiger partial charge in [-0.15, -0.1) is 0 Å². The topological polar surface area (TPSA) is 53.9 Å². The first-order chi connectivity index (χ1) is 12.0. The number of nitrogens with one attached hydrogen (secondary N) is 1. The van der Waals surface area contributed by atoms with Crippen molar-refractivity contribution in [3.05, 3.63) is 70.0 Å². The normalized spacial score (nSPS) is 10.6. The molecule has 1 amide bonds. The molecule has 1 aromatic heterocycles. The molecule has 0 fully saturated rings. The number of H-pyrrole nitrogens is 1. The van der Waals surface area contributed by atoms with E-state index in [9.17, 15) is 4.79 Å². The number of aromatic nitrogens is 3. The van der Waals surface area contributed by atoms with Crippen LogP contribution in [-0.4, -0.2) is 32.6 Å². The maximum absolute atomic E-state index is 12.6. The van der Waals surface area contributed by atoms with Gasteiger partial charge in [-0.05, 0) is 42.0 Å². The molecule has 128 valence electrons. The SMILES string of the molecule is CN(Cc1ccccc1)C(=O)Cn1c(-c2ccc(Cl)cc2)n[nH]c1=S. The van der Waals surface area contributed by atoms with E-state index in [2.05, 4.69) is 10.2 Å². The molecule has 1 heterocycles. The van der Waals surface area contributed by atoms with Crippen molar-refractivity contribution in [1.82, 2.24) is 19.7 Å². The van der Waals surface area contributed by atoms with Crippen molar-refractivity contribution in [2.45, 2.75) is 13.1 Å². The number of likely N-dealkylation sites (N-methyl/N-ethyl adjacent to an activating group) is 1. The van der Waals surface area contributed by atoms with Crippen molar-refractivity contribution in [3.63, 3.8) is 0 Å². The lowest BCUT2D eigenvalue weighted by molar-refractivity contribution is -0.131. The average Bonchev–Trinajstić information content (AvgIpc) is 2.97. The number of carbonyl (C=O) groups excluding carboxylic acids is 1. The molecule has 5 nitrogen and oxygen atoms in total. The number of benzene rings is 2. The van der Waals surface area contributed by atoms with Gasteiger partial charge in [-0.1, -0.05) is 41.9 Å². The molecular formula is C18H17ClN4OS. The van der Waals surface area contributed by atoms with Crippen LogP contribution in [0.25, 0.3) is 11.4 Å². The Bertz CT molecular complexity index is 918. The van der Waals surface area contributed by atoms with E-state index in [1.54, 1.807) is 28.6 Å². The Morgan fingerprint density at radius 3 is 2.56 bits per heavy atom. The van der Waals surface area contributed by atoms with Gasteiger partial charge in [0.25, 0.3) is 0 Å². The van der Waals surface area contributed by atoms with E-state index in [1.807, 2.05) is 42.5 Å². The summed E-state index contributed by atoms with van der Waals surface area (Å²) < 4.78 is 2.11. The Labute approximate surface area is 155 Å². The average molecular weight is 373 g/mol. The van der Waals surface area contributed by atoms with Gasteiger partial charge in [0.1, 0.15) is 6.54 Å². The molecule has 0 spiro atoms. The van der Waals surface area contributed by atoms with E-state index < -0.39 is 0 Å². The molecule has 3 aromatic rings. The predicted molar refractivity (Wildman–Crippen MR) is 101 cm³/mol. The highest BCUT2D eigenvalue weighted by Crippen LogP contribution is 2.20. The fraction of sp³-hybridized carbons (Fsp3) is 0.167. The van der Waals surface area contributed by atoms with E-state index in [-0.39, 0.29) is 12.5 Å². The van der Waals surface area contributed by atoms with Gasteiger partial charge in [0.2, 0.25) is 5.91 Å². The summed E-state index contributed by atoms with van der Waals surface area (Å²) in [5.74, 6) is 0.569. The van der Waals surface area contributed by atoms with Crippen molar-refractivity contribution in [2.75, 3.05) is 7.05 Å². The Morgan fingerprint density at radius 2 is 1.88 bits per heavy atom. The lowest BCUT2D eigenvalue weighted by Gasteiger charge is -2.18. The van der Waals surface area contributed by atoms with Crippen LogP contribution in [0.4, 0.5) is 0 Å². The van der Waals surface area contributed by atoms with Crippen molar-refractivity contribution in [2.24, 2.45) is 0 Å². The Hall–Kier alpha value is -2.44. The van der Waals surface area contributed by atoms with Crippen LogP contribution in [0.3, 0.4) is 0 Å². The smallest absolute Gasteiger partial charge is 0.242 e. The van der Waals surface area contributed by atoms with Crippen LogP contribution < -0.4 is 0 Å². The van der Waals surface area contributed by atoms with E-state index in [0.29, 0.717) is 22.2 Å². The molecule has 3 rings (SSSR count). The summed E-state index contributed by atoms with van der Waals surface area (Å²) in [6.45, 7) is 0.664. The number of nitrogens with zero attached hydrogens (tertiary/aromatic N) is 3. The van der Waals surface area contributed by atoms with Gasteiger partial charge in [-0.3, -0.25) is 14.5 Å². The van der Waals surface area contributed by atoms with Crippen LogP contribution in [0.1, 0.15) is 5.56 Å². The van der Waals surface area contributed by atoms with Crippen molar-refractivity contribution in [1.29, 1.82) is 0 Å². The van der Waals surface area contributed by atoms with Crippen LogP contribution >= 0.6 is 23.8 Å². The molecule has 7 heteroatoms. The largest absolute Gasteiger partial charge is 0.340 e. The van der Waals surface area contributed by atoms with Crippen molar-refractivity contribution >= 4 is 29.7 Å². The molecule has 25 heavy (non-hydrogen) atoms. The van der Waals surface area contributed by atoms with Crippen LogP contribution in [-0.2, 0) is 17.9 Å². The molecule has 0 atom stereocenters. The van der Waals surface area contributed by atoms with E-state index in [4.69, 9.17) is 23.8 Å². The molecule has 0 unspecified atom stereocenters. The van der Waals surface area contributed by atoms with Crippen LogP contribution in [0.2, 0.25) is 5.02 Å². The van der Waals surface area contributed by atoms with Gasteiger partial charge in [0, 0.05) is 24.2 Å². The summed E-state index contributed by atoms with van der Waals surface area (Å²) in [5.41, 5.74) is 1.92. The second-order valence-electron chi connectivity index (χ2n) is 5.68. The third-order valence-corrected chi connectivity index (χ3v) is 4.41. The highest BCUT2D eigenvalue weighted by Gasteiger charge is 2.15. The summed E-state index contributed by atoms with van der Waals surface area (Å²) in [4.78, 5) is 14.3. The monoisotopic (exact) mass is 372 g/mol. The van der Waals surface area contributed by atoms with Crippen LogP contribution in [0.15, 0.2) is 54.6 Å². The highest BCUT2D eigenvalue weighted by atomic mass is 35.5. The standard InChI is InChI=1S/C18H17ClN4OS/c1-22(11-13-5-3-2-4-6-13)16(24)12-23-17(20-21-18(23)25)14-7-9-15(19)10-8-14/h2-10H,11-12H2,1H3,(H,21,25).